The Hall–Kier alpha value is -1.92. The van der Waals surface area contributed by atoms with Gasteiger partial charge in [-0.15, -0.1) is 0 Å². The molecule has 1 saturated heterocycles. The van der Waals surface area contributed by atoms with Gasteiger partial charge in [0, 0.05) is 45.4 Å². The number of hydrogen-bond donors (Lipinski definition) is 1. The highest BCUT2D eigenvalue weighted by molar-refractivity contribution is 5.95. The molecule has 1 aliphatic rings. The number of likely N-dealkylation sites (N-methyl/N-ethyl adjacent to an activating group) is 1. The molecule has 0 radical (unpaired) electrons. The van der Waals surface area contributed by atoms with Crippen LogP contribution in [0.4, 0.5) is 0 Å². The van der Waals surface area contributed by atoms with Crippen LogP contribution in [0, 0.1) is 0 Å². The fraction of sp³-hybridized carbons (Fsp3) is 0.556. The Bertz CT molecular complexity index is 571. The van der Waals surface area contributed by atoms with Crippen LogP contribution in [0.25, 0.3) is 0 Å². The first-order valence-electron chi connectivity index (χ1n) is 8.32. The predicted octanol–water partition coefficient (Wildman–Crippen LogP) is 1.11. The predicted molar refractivity (Wildman–Crippen MR) is 92.8 cm³/mol. The highest BCUT2D eigenvalue weighted by Crippen LogP contribution is 2.17. The summed E-state index contributed by atoms with van der Waals surface area (Å²) in [6, 6.07) is 7.40. The van der Waals surface area contributed by atoms with E-state index in [0.717, 1.165) is 5.56 Å². The Balaban J connectivity index is 2.11. The third-order valence-corrected chi connectivity index (χ3v) is 4.43. The lowest BCUT2D eigenvalue weighted by Crippen LogP contribution is -2.61. The maximum atomic E-state index is 12.7. The largest absolute Gasteiger partial charge is 0.380 e. The second kappa shape index (κ2) is 8.26. The van der Waals surface area contributed by atoms with E-state index in [1.807, 2.05) is 24.3 Å². The van der Waals surface area contributed by atoms with Gasteiger partial charge in [-0.05, 0) is 31.5 Å². The number of ether oxygens (including phenoxy) is 1. The fourth-order valence-electron chi connectivity index (χ4n) is 3.09. The zero-order chi connectivity index (χ0) is 17.7. The van der Waals surface area contributed by atoms with Crippen molar-refractivity contribution in [1.82, 2.24) is 15.1 Å². The number of hydrogen-bond acceptors (Lipinski definition) is 4. The molecule has 1 aromatic rings. The quantitative estimate of drug-likeness (QED) is 0.877. The van der Waals surface area contributed by atoms with Gasteiger partial charge in [0.15, 0.2) is 0 Å². The van der Waals surface area contributed by atoms with Gasteiger partial charge in [-0.1, -0.05) is 12.1 Å². The molecular formula is C18H27N3O3. The van der Waals surface area contributed by atoms with Crippen molar-refractivity contribution in [1.29, 1.82) is 0 Å². The number of amides is 2. The molecule has 1 aliphatic heterocycles. The van der Waals surface area contributed by atoms with Crippen LogP contribution < -0.4 is 5.32 Å². The van der Waals surface area contributed by atoms with Crippen molar-refractivity contribution in [2.24, 2.45) is 0 Å². The van der Waals surface area contributed by atoms with Crippen LogP contribution in [0.5, 0.6) is 0 Å². The van der Waals surface area contributed by atoms with E-state index in [1.54, 1.807) is 19.1 Å². The summed E-state index contributed by atoms with van der Waals surface area (Å²) in [7, 11) is 3.28. The lowest BCUT2D eigenvalue weighted by molar-refractivity contribution is -0.128. The lowest BCUT2D eigenvalue weighted by atomic mass is 10.1. The molecule has 0 bridgehead atoms. The molecule has 6 nitrogen and oxygen atoms in total. The van der Waals surface area contributed by atoms with Gasteiger partial charge < -0.3 is 15.0 Å². The van der Waals surface area contributed by atoms with Crippen LogP contribution in [0.2, 0.25) is 0 Å². The summed E-state index contributed by atoms with van der Waals surface area (Å²) in [5.41, 5.74) is 1.67. The van der Waals surface area contributed by atoms with Gasteiger partial charge in [-0.25, -0.2) is 0 Å². The van der Waals surface area contributed by atoms with Crippen LogP contribution in [0.3, 0.4) is 0 Å². The molecule has 24 heavy (non-hydrogen) atoms. The molecule has 132 valence electrons. The molecule has 2 rings (SSSR count). The minimum absolute atomic E-state index is 0.0312. The second-order valence-electron chi connectivity index (χ2n) is 6.34. The summed E-state index contributed by atoms with van der Waals surface area (Å²) < 4.78 is 5.09. The topological polar surface area (TPSA) is 61.9 Å². The molecule has 2 amide bonds. The van der Waals surface area contributed by atoms with E-state index in [9.17, 15) is 9.59 Å². The first-order chi connectivity index (χ1) is 11.5. The van der Waals surface area contributed by atoms with Gasteiger partial charge in [-0.2, -0.15) is 0 Å². The van der Waals surface area contributed by atoms with Gasteiger partial charge in [0.2, 0.25) is 5.91 Å². The van der Waals surface area contributed by atoms with Crippen molar-refractivity contribution in [2.45, 2.75) is 32.5 Å². The molecule has 0 saturated carbocycles. The average Bonchev–Trinajstić information content (AvgIpc) is 2.60. The Morgan fingerprint density at radius 3 is 2.46 bits per heavy atom. The van der Waals surface area contributed by atoms with Crippen molar-refractivity contribution in [2.75, 3.05) is 33.8 Å². The summed E-state index contributed by atoms with van der Waals surface area (Å²) >= 11 is 0. The van der Waals surface area contributed by atoms with E-state index in [4.69, 9.17) is 4.74 Å². The molecule has 1 heterocycles. The Morgan fingerprint density at radius 2 is 1.92 bits per heavy atom. The first kappa shape index (κ1) is 18.4. The number of rotatable bonds is 5. The normalized spacial score (nSPS) is 18.7. The van der Waals surface area contributed by atoms with Gasteiger partial charge in [0.25, 0.3) is 5.91 Å². The molecule has 1 aromatic carbocycles. The maximum Gasteiger partial charge on any atom is 0.253 e. The first-order valence-corrected chi connectivity index (χ1v) is 8.32. The molecule has 0 spiro atoms. The number of piperazine rings is 1. The van der Waals surface area contributed by atoms with E-state index >= 15 is 0 Å². The van der Waals surface area contributed by atoms with E-state index in [2.05, 4.69) is 24.1 Å². The molecule has 0 aliphatic carbocycles. The highest BCUT2D eigenvalue weighted by atomic mass is 16.5. The Labute approximate surface area is 143 Å². The van der Waals surface area contributed by atoms with E-state index in [0.29, 0.717) is 31.8 Å². The fourth-order valence-corrected chi connectivity index (χ4v) is 3.09. The Morgan fingerprint density at radius 1 is 1.25 bits per heavy atom. The maximum absolute atomic E-state index is 12.7. The zero-order valence-electron chi connectivity index (χ0n) is 14.9. The zero-order valence-corrected chi connectivity index (χ0v) is 14.9. The second-order valence-corrected chi connectivity index (χ2v) is 6.34. The summed E-state index contributed by atoms with van der Waals surface area (Å²) in [5.74, 6) is -0.0760. The van der Waals surface area contributed by atoms with Crippen LogP contribution in [-0.2, 0) is 16.1 Å². The standard InChI is InChI=1S/C18H27N3O3/c1-13(2)21-10-9-20(11-16(21)17(22)19-3)18(23)15-7-5-14(6-8-15)12-24-4/h5-8,13,16H,9-12H2,1-4H3,(H,19,22). The van der Waals surface area contributed by atoms with Crippen molar-refractivity contribution in [3.05, 3.63) is 35.4 Å². The number of nitrogens with zero attached hydrogens (tertiary/aromatic N) is 2. The summed E-state index contributed by atoms with van der Waals surface area (Å²) in [6.07, 6.45) is 0. The summed E-state index contributed by atoms with van der Waals surface area (Å²) in [4.78, 5) is 28.9. The van der Waals surface area contributed by atoms with Gasteiger partial charge in [-0.3, -0.25) is 14.5 Å². The van der Waals surface area contributed by atoms with Crippen LogP contribution in [0.1, 0.15) is 29.8 Å². The molecule has 0 aromatic heterocycles. The molecule has 6 heteroatoms. The minimum atomic E-state index is -0.305. The van der Waals surface area contributed by atoms with Gasteiger partial charge >= 0.3 is 0 Å². The summed E-state index contributed by atoms with van der Waals surface area (Å²) in [5, 5.41) is 2.71. The van der Waals surface area contributed by atoms with Crippen molar-refractivity contribution >= 4 is 11.8 Å². The highest BCUT2D eigenvalue weighted by Gasteiger charge is 2.35. The van der Waals surface area contributed by atoms with E-state index in [1.165, 1.54) is 0 Å². The number of carbonyl (C=O) groups is 2. The van der Waals surface area contributed by atoms with Gasteiger partial charge in [0.05, 0.1) is 6.61 Å². The van der Waals surface area contributed by atoms with Crippen molar-refractivity contribution < 1.29 is 14.3 Å². The van der Waals surface area contributed by atoms with Crippen molar-refractivity contribution in [3.63, 3.8) is 0 Å². The van der Waals surface area contributed by atoms with Crippen LogP contribution >= 0.6 is 0 Å². The van der Waals surface area contributed by atoms with E-state index in [-0.39, 0.29) is 23.9 Å². The number of methoxy groups -OCH3 is 1. The van der Waals surface area contributed by atoms with Gasteiger partial charge in [0.1, 0.15) is 6.04 Å². The van der Waals surface area contributed by atoms with Crippen LogP contribution in [-0.4, -0.2) is 67.5 Å². The minimum Gasteiger partial charge on any atom is -0.380 e. The third kappa shape index (κ3) is 4.13. The molecule has 1 atom stereocenters. The number of carbonyl (C=O) groups excluding carboxylic acids is 2. The summed E-state index contributed by atoms with van der Waals surface area (Å²) in [6.45, 7) is 6.41. The number of benzene rings is 1. The molecule has 1 unspecified atom stereocenters. The van der Waals surface area contributed by atoms with Crippen molar-refractivity contribution in [3.8, 4) is 0 Å². The molecular weight excluding hydrogens is 306 g/mol. The van der Waals surface area contributed by atoms with E-state index < -0.39 is 0 Å². The number of nitrogens with one attached hydrogen (secondary N) is 1. The van der Waals surface area contributed by atoms with Crippen LogP contribution in [0.15, 0.2) is 24.3 Å². The molecule has 1 fully saturated rings. The Kier molecular flexibility index (Phi) is 6.34. The SMILES string of the molecule is CNC(=O)C1CN(C(=O)c2ccc(COC)cc2)CCN1C(C)C. The molecule has 1 N–H and O–H groups in total. The monoisotopic (exact) mass is 333 g/mol. The average molecular weight is 333 g/mol. The third-order valence-electron chi connectivity index (χ3n) is 4.43. The smallest absolute Gasteiger partial charge is 0.253 e. The lowest BCUT2D eigenvalue weighted by Gasteiger charge is -2.42.